The fourth-order valence-corrected chi connectivity index (χ4v) is 2.14. The third kappa shape index (κ3) is 1.59. The summed E-state index contributed by atoms with van der Waals surface area (Å²) >= 11 is 0. The van der Waals surface area contributed by atoms with E-state index in [4.69, 9.17) is 14.7 Å². The number of fused-ring (bicyclic) bond motifs is 1. The van der Waals surface area contributed by atoms with Crippen molar-refractivity contribution in [3.05, 3.63) is 29.3 Å². The highest BCUT2D eigenvalue weighted by Crippen LogP contribution is 2.31. The van der Waals surface area contributed by atoms with Gasteiger partial charge in [0.1, 0.15) is 17.3 Å². The number of nitrogens with two attached hydrogens (primary N) is 1. The van der Waals surface area contributed by atoms with Gasteiger partial charge in [0, 0.05) is 18.9 Å². The van der Waals surface area contributed by atoms with Crippen LogP contribution in [-0.4, -0.2) is 17.0 Å². The number of ketones is 1. The lowest BCUT2D eigenvalue weighted by molar-refractivity contribution is 0.0962. The normalized spacial score (nSPS) is 19.4. The summed E-state index contributed by atoms with van der Waals surface area (Å²) in [7, 11) is 0. The first-order valence-electron chi connectivity index (χ1n) is 5.48. The number of rotatable bonds is 1. The van der Waals surface area contributed by atoms with Gasteiger partial charge in [-0.25, -0.2) is 0 Å². The molecule has 0 saturated heterocycles. The van der Waals surface area contributed by atoms with E-state index in [1.165, 1.54) is 0 Å². The number of Topliss-reactive ketones (excluding diaryl/α,β-unsaturated/α-hetero) is 1. The molecule has 88 valence electrons. The van der Waals surface area contributed by atoms with Gasteiger partial charge >= 0.3 is 0 Å². The van der Waals surface area contributed by atoms with E-state index in [0.717, 1.165) is 5.56 Å². The minimum absolute atomic E-state index is 0.0443. The lowest BCUT2D eigenvalue weighted by atomic mass is 9.93. The van der Waals surface area contributed by atoms with Gasteiger partial charge in [-0.1, -0.05) is 5.16 Å². The third-order valence-corrected chi connectivity index (χ3v) is 3.02. The van der Waals surface area contributed by atoms with Gasteiger partial charge in [-0.3, -0.25) is 4.79 Å². The molecule has 2 aromatic rings. The van der Waals surface area contributed by atoms with Crippen molar-refractivity contribution in [3.8, 4) is 11.3 Å². The molecular weight excluding hydrogens is 220 g/mol. The van der Waals surface area contributed by atoms with Crippen LogP contribution in [0.2, 0.25) is 0 Å². The average molecular weight is 232 g/mol. The first kappa shape index (κ1) is 10.3. The van der Waals surface area contributed by atoms with Crippen molar-refractivity contribution in [1.82, 2.24) is 5.16 Å². The molecule has 17 heavy (non-hydrogen) atoms. The average Bonchev–Trinajstić information content (AvgIpc) is 2.83. The second-order valence-electron chi connectivity index (χ2n) is 4.33. The molecule has 0 radical (unpaired) electrons. The van der Waals surface area contributed by atoms with Crippen molar-refractivity contribution < 1.29 is 13.7 Å². The van der Waals surface area contributed by atoms with Crippen molar-refractivity contribution in [2.75, 3.05) is 0 Å². The zero-order valence-corrected chi connectivity index (χ0v) is 9.40. The Morgan fingerprint density at radius 3 is 2.94 bits per heavy atom. The molecule has 0 fully saturated rings. The van der Waals surface area contributed by atoms with Gasteiger partial charge in [-0.2, -0.15) is 0 Å². The highest BCUT2D eigenvalue weighted by atomic mass is 16.5. The van der Waals surface area contributed by atoms with Crippen LogP contribution in [0, 0.1) is 6.92 Å². The second kappa shape index (κ2) is 3.56. The Morgan fingerprint density at radius 1 is 1.41 bits per heavy atom. The van der Waals surface area contributed by atoms with Crippen molar-refractivity contribution in [2.45, 2.75) is 25.8 Å². The van der Waals surface area contributed by atoms with Crippen molar-refractivity contribution in [3.63, 3.8) is 0 Å². The van der Waals surface area contributed by atoms with Gasteiger partial charge in [0.15, 0.2) is 5.78 Å². The highest BCUT2D eigenvalue weighted by Gasteiger charge is 2.27. The topological polar surface area (TPSA) is 82.3 Å². The van der Waals surface area contributed by atoms with Crippen LogP contribution in [-0.2, 0) is 6.42 Å². The van der Waals surface area contributed by atoms with E-state index in [1.54, 1.807) is 19.2 Å². The smallest absolute Gasteiger partial charge is 0.167 e. The maximum Gasteiger partial charge on any atom is 0.167 e. The van der Waals surface area contributed by atoms with Gasteiger partial charge in [-0.15, -0.1) is 0 Å². The fraction of sp³-hybridized carbons (Fsp3) is 0.333. The van der Waals surface area contributed by atoms with Crippen molar-refractivity contribution in [1.29, 1.82) is 0 Å². The molecule has 0 amide bonds. The number of nitrogens with zero attached hydrogens (tertiary/aromatic N) is 1. The first-order valence-corrected chi connectivity index (χ1v) is 5.48. The fourth-order valence-electron chi connectivity index (χ4n) is 2.14. The summed E-state index contributed by atoms with van der Waals surface area (Å²) in [6.45, 7) is 1.80. The molecule has 0 bridgehead atoms. The molecule has 2 heterocycles. The van der Waals surface area contributed by atoms with Crippen LogP contribution in [0.15, 0.2) is 21.2 Å². The third-order valence-electron chi connectivity index (χ3n) is 3.02. The Balaban J connectivity index is 2.08. The Morgan fingerprint density at radius 2 is 2.24 bits per heavy atom. The zero-order chi connectivity index (χ0) is 12.0. The summed E-state index contributed by atoms with van der Waals surface area (Å²) in [4.78, 5) is 11.8. The predicted molar refractivity (Wildman–Crippen MR) is 59.6 cm³/mol. The summed E-state index contributed by atoms with van der Waals surface area (Å²) in [5.41, 5.74) is 7.21. The number of hydrogen-bond donors (Lipinski definition) is 1. The molecule has 2 N–H and O–H groups in total. The van der Waals surface area contributed by atoms with Crippen LogP contribution < -0.4 is 5.73 Å². The van der Waals surface area contributed by atoms with Crippen LogP contribution in [0.3, 0.4) is 0 Å². The van der Waals surface area contributed by atoms with Gasteiger partial charge in [0.25, 0.3) is 0 Å². The summed E-state index contributed by atoms with van der Waals surface area (Å²) in [6, 6.07) is 1.61. The molecule has 2 aromatic heterocycles. The Kier molecular flexibility index (Phi) is 2.16. The molecule has 1 atom stereocenters. The molecule has 1 aliphatic rings. The molecular formula is C12H12N2O3. The van der Waals surface area contributed by atoms with E-state index in [9.17, 15) is 4.79 Å². The molecule has 0 spiro atoms. The number of hydrogen-bond acceptors (Lipinski definition) is 5. The maximum absolute atomic E-state index is 11.8. The van der Waals surface area contributed by atoms with Crippen molar-refractivity contribution in [2.24, 2.45) is 5.73 Å². The summed E-state index contributed by atoms with van der Waals surface area (Å²) in [5.74, 6) is 2.01. The van der Waals surface area contributed by atoms with E-state index in [2.05, 4.69) is 5.16 Å². The number of carbonyl (C=O) groups is 1. The molecule has 3 rings (SSSR count). The SMILES string of the molecule is Cc1oncc1-c1cc2c(o1)CC(N)CC2=O. The van der Waals surface area contributed by atoms with Crippen LogP contribution in [0.4, 0.5) is 0 Å². The Hall–Kier alpha value is -1.88. The van der Waals surface area contributed by atoms with Gasteiger partial charge in [0.05, 0.1) is 17.3 Å². The number of aromatic nitrogens is 1. The van der Waals surface area contributed by atoms with Gasteiger partial charge < -0.3 is 14.7 Å². The lowest BCUT2D eigenvalue weighted by Crippen LogP contribution is -2.30. The Bertz CT molecular complexity index is 582. The largest absolute Gasteiger partial charge is 0.460 e. The van der Waals surface area contributed by atoms with Gasteiger partial charge in [0.2, 0.25) is 0 Å². The number of furan rings is 1. The minimum Gasteiger partial charge on any atom is -0.460 e. The van der Waals surface area contributed by atoms with E-state index < -0.39 is 0 Å². The van der Waals surface area contributed by atoms with Gasteiger partial charge in [-0.05, 0) is 13.0 Å². The quantitative estimate of drug-likeness (QED) is 0.809. The summed E-state index contributed by atoms with van der Waals surface area (Å²) < 4.78 is 10.7. The van der Waals surface area contributed by atoms with E-state index in [-0.39, 0.29) is 11.8 Å². The monoisotopic (exact) mass is 232 g/mol. The second-order valence-corrected chi connectivity index (χ2v) is 4.33. The van der Waals surface area contributed by atoms with E-state index in [0.29, 0.717) is 35.7 Å². The van der Waals surface area contributed by atoms with Crippen LogP contribution >= 0.6 is 0 Å². The first-order chi connectivity index (χ1) is 8.15. The van der Waals surface area contributed by atoms with Crippen LogP contribution in [0.5, 0.6) is 0 Å². The van der Waals surface area contributed by atoms with Crippen LogP contribution in [0.1, 0.15) is 28.3 Å². The zero-order valence-electron chi connectivity index (χ0n) is 9.40. The van der Waals surface area contributed by atoms with Crippen LogP contribution in [0.25, 0.3) is 11.3 Å². The number of aryl methyl sites for hydroxylation is 1. The maximum atomic E-state index is 11.8. The predicted octanol–water partition coefficient (Wildman–Crippen LogP) is 1.70. The minimum atomic E-state index is -0.141. The highest BCUT2D eigenvalue weighted by molar-refractivity contribution is 5.99. The Labute approximate surface area is 97.6 Å². The molecule has 0 aromatic carbocycles. The molecule has 5 nitrogen and oxygen atoms in total. The molecule has 1 unspecified atom stereocenters. The number of carbonyl (C=O) groups excluding carboxylic acids is 1. The molecule has 5 heteroatoms. The lowest BCUT2D eigenvalue weighted by Gasteiger charge is -2.14. The van der Waals surface area contributed by atoms with Crippen molar-refractivity contribution >= 4 is 5.78 Å². The summed E-state index contributed by atoms with van der Waals surface area (Å²) in [5, 5.41) is 3.69. The van der Waals surface area contributed by atoms with E-state index in [1.807, 2.05) is 0 Å². The van der Waals surface area contributed by atoms with E-state index >= 15 is 0 Å². The molecule has 0 saturated carbocycles. The summed E-state index contributed by atoms with van der Waals surface area (Å²) in [6.07, 6.45) is 2.57. The molecule has 0 aliphatic heterocycles. The molecule has 1 aliphatic carbocycles. The standard InChI is InChI=1S/C12H12N2O3/c1-6-9(5-14-17-6)12-4-8-10(15)2-7(13)3-11(8)16-12/h4-5,7H,2-3,13H2,1H3.